The van der Waals surface area contributed by atoms with Crippen molar-refractivity contribution in [3.8, 4) is 0 Å². The van der Waals surface area contributed by atoms with Crippen LogP contribution in [0.15, 0.2) is 0 Å². The molecule has 0 aromatic rings. The fourth-order valence-electron chi connectivity index (χ4n) is 3.13. The summed E-state index contributed by atoms with van der Waals surface area (Å²) >= 11 is 1.60. The third-order valence-electron chi connectivity index (χ3n) is 5.22. The zero-order valence-electron chi connectivity index (χ0n) is 19.8. The Morgan fingerprint density at radius 1 is 1.00 bits per heavy atom. The number of nitrogens with one attached hydrogen (secondary N) is 1. The molecule has 0 saturated heterocycles. The lowest BCUT2D eigenvalue weighted by Crippen LogP contribution is -2.51. The van der Waals surface area contributed by atoms with Crippen LogP contribution in [-0.2, 0) is 14.3 Å². The van der Waals surface area contributed by atoms with Gasteiger partial charge in [-0.2, -0.15) is 11.8 Å². The van der Waals surface area contributed by atoms with Crippen LogP contribution in [0.1, 0.15) is 99.3 Å². The molecule has 2 atom stereocenters. The Bertz CT molecular complexity index is 474. The van der Waals surface area contributed by atoms with Crippen LogP contribution in [0, 0.1) is 5.92 Å². The van der Waals surface area contributed by atoms with E-state index in [0.29, 0.717) is 6.42 Å². The molecular weight excluding hydrogens is 386 g/mol. The number of hydrogen-bond acceptors (Lipinski definition) is 5. The summed E-state index contributed by atoms with van der Waals surface area (Å²) in [4.78, 5) is 25.3. The number of carbonyl (C=O) groups excluding carboxylic acids is 2. The molecule has 0 fully saturated rings. The smallest absolute Gasteiger partial charge is 0.307 e. The molecular formula is C23H45NO4S. The first-order valence-electron chi connectivity index (χ1n) is 11.1. The number of ether oxygens (including phenoxy) is 1. The first-order valence-corrected chi connectivity index (χ1v) is 12.4. The molecule has 172 valence electrons. The average Bonchev–Trinajstić information content (AvgIpc) is 2.62. The van der Waals surface area contributed by atoms with Gasteiger partial charge < -0.3 is 15.2 Å². The van der Waals surface area contributed by atoms with Crippen molar-refractivity contribution in [2.75, 3.05) is 12.9 Å². The highest BCUT2D eigenvalue weighted by molar-refractivity contribution is 8.00. The first kappa shape index (κ1) is 28.2. The van der Waals surface area contributed by atoms with Gasteiger partial charge in [0.2, 0.25) is 5.91 Å². The van der Waals surface area contributed by atoms with Gasteiger partial charge in [0, 0.05) is 10.7 Å². The molecule has 0 bridgehead atoms. The number of unbranched alkanes of at least 4 members (excludes halogenated alkanes) is 6. The Morgan fingerprint density at radius 2 is 1.55 bits per heavy atom. The summed E-state index contributed by atoms with van der Waals surface area (Å²) in [6.07, 6.45) is 10.9. The highest BCUT2D eigenvalue weighted by Gasteiger charge is 2.32. The summed E-state index contributed by atoms with van der Waals surface area (Å²) in [6.45, 7) is 11.6. The van der Waals surface area contributed by atoms with E-state index in [4.69, 9.17) is 4.74 Å². The quantitative estimate of drug-likeness (QED) is 0.279. The van der Waals surface area contributed by atoms with Gasteiger partial charge in [-0.25, -0.2) is 0 Å². The minimum atomic E-state index is -0.564. The monoisotopic (exact) mass is 431 g/mol. The van der Waals surface area contributed by atoms with Crippen molar-refractivity contribution in [3.63, 3.8) is 0 Å². The molecule has 0 heterocycles. The maximum absolute atomic E-state index is 12.9. The van der Waals surface area contributed by atoms with Crippen LogP contribution < -0.4 is 5.32 Å². The van der Waals surface area contributed by atoms with Crippen molar-refractivity contribution >= 4 is 23.6 Å². The van der Waals surface area contributed by atoms with Gasteiger partial charge in [0.15, 0.2) is 0 Å². The van der Waals surface area contributed by atoms with Crippen LogP contribution in [-0.4, -0.2) is 46.2 Å². The van der Waals surface area contributed by atoms with E-state index in [0.717, 1.165) is 12.8 Å². The largest absolute Gasteiger partial charge is 0.460 e. The number of hydrogen-bond donors (Lipinski definition) is 2. The molecule has 0 unspecified atom stereocenters. The predicted octanol–water partition coefficient (Wildman–Crippen LogP) is 5.09. The van der Waals surface area contributed by atoms with Crippen molar-refractivity contribution in [3.05, 3.63) is 0 Å². The number of carbonyl (C=O) groups is 2. The molecule has 5 nitrogen and oxygen atoms in total. The fraction of sp³-hybridized carbons (Fsp3) is 0.913. The molecule has 29 heavy (non-hydrogen) atoms. The molecule has 0 aromatic carbocycles. The molecule has 0 aliphatic heterocycles. The first-order chi connectivity index (χ1) is 13.5. The number of aliphatic hydroxyl groups is 1. The Kier molecular flexibility index (Phi) is 13.9. The van der Waals surface area contributed by atoms with Crippen LogP contribution >= 0.6 is 11.8 Å². The summed E-state index contributed by atoms with van der Waals surface area (Å²) in [5.41, 5.74) is -0.564. The molecule has 0 aliphatic carbocycles. The molecule has 0 spiro atoms. The predicted molar refractivity (Wildman–Crippen MR) is 123 cm³/mol. The van der Waals surface area contributed by atoms with Gasteiger partial charge in [-0.1, -0.05) is 51.9 Å². The number of amides is 1. The maximum Gasteiger partial charge on any atom is 0.307 e. The summed E-state index contributed by atoms with van der Waals surface area (Å²) in [5.74, 6) is -0.930. The Morgan fingerprint density at radius 3 is 2.03 bits per heavy atom. The van der Waals surface area contributed by atoms with Crippen LogP contribution in [0.3, 0.4) is 0 Å². The van der Waals surface area contributed by atoms with Crippen molar-refractivity contribution in [1.29, 1.82) is 0 Å². The van der Waals surface area contributed by atoms with Gasteiger partial charge >= 0.3 is 5.97 Å². The summed E-state index contributed by atoms with van der Waals surface area (Å²) in [6, 6.07) is -0.361. The lowest BCUT2D eigenvalue weighted by molar-refractivity contribution is -0.157. The average molecular weight is 432 g/mol. The SMILES string of the molecule is CCCCCCCCC[C@H](CC(=O)OC(C)(C)C)C(=O)N[C@@H](CO)C(C)(C)SC. The number of rotatable bonds is 15. The minimum absolute atomic E-state index is 0.0801. The van der Waals surface area contributed by atoms with Crippen molar-refractivity contribution in [2.24, 2.45) is 5.92 Å². The van der Waals surface area contributed by atoms with E-state index in [1.165, 1.54) is 32.1 Å². The van der Waals surface area contributed by atoms with Gasteiger partial charge in [0.05, 0.1) is 19.1 Å². The van der Waals surface area contributed by atoms with Gasteiger partial charge in [-0.05, 0) is 47.3 Å². The summed E-state index contributed by atoms with van der Waals surface area (Å²) < 4.78 is 5.15. The molecule has 0 radical (unpaired) electrons. The number of aliphatic hydroxyl groups excluding tert-OH is 1. The normalized spacial score (nSPS) is 14.3. The topological polar surface area (TPSA) is 75.6 Å². The second-order valence-electron chi connectivity index (χ2n) is 9.45. The van der Waals surface area contributed by atoms with E-state index < -0.39 is 11.5 Å². The molecule has 0 saturated carbocycles. The van der Waals surface area contributed by atoms with Crippen molar-refractivity contribution in [2.45, 2.75) is 116 Å². The van der Waals surface area contributed by atoms with Crippen LogP contribution in [0.25, 0.3) is 0 Å². The molecule has 0 rings (SSSR count). The molecule has 6 heteroatoms. The highest BCUT2D eigenvalue weighted by Crippen LogP contribution is 2.26. The van der Waals surface area contributed by atoms with E-state index in [1.54, 1.807) is 11.8 Å². The van der Waals surface area contributed by atoms with E-state index in [-0.39, 0.29) is 35.7 Å². The third kappa shape index (κ3) is 13.2. The molecule has 2 N–H and O–H groups in total. The highest BCUT2D eigenvalue weighted by atomic mass is 32.2. The zero-order valence-corrected chi connectivity index (χ0v) is 20.6. The van der Waals surface area contributed by atoms with Gasteiger partial charge in [0.25, 0.3) is 0 Å². The molecule has 0 aliphatic rings. The Hall–Kier alpha value is -0.750. The van der Waals surface area contributed by atoms with Crippen molar-refractivity contribution in [1.82, 2.24) is 5.32 Å². The summed E-state index contributed by atoms with van der Waals surface area (Å²) in [5, 5.41) is 12.7. The van der Waals surface area contributed by atoms with Gasteiger partial charge in [0.1, 0.15) is 5.60 Å². The second kappa shape index (κ2) is 14.3. The number of esters is 1. The van der Waals surface area contributed by atoms with E-state index >= 15 is 0 Å². The molecule has 0 aromatic heterocycles. The van der Waals surface area contributed by atoms with Gasteiger partial charge in [-0.15, -0.1) is 0 Å². The fourth-order valence-corrected chi connectivity index (χ4v) is 3.55. The zero-order chi connectivity index (χ0) is 22.5. The summed E-state index contributed by atoms with van der Waals surface area (Å²) in [7, 11) is 0. The lowest BCUT2D eigenvalue weighted by atomic mass is 9.94. The number of thioether (sulfide) groups is 1. The third-order valence-corrected chi connectivity index (χ3v) is 6.56. The van der Waals surface area contributed by atoms with Gasteiger partial charge in [-0.3, -0.25) is 9.59 Å². The van der Waals surface area contributed by atoms with Crippen LogP contribution in [0.5, 0.6) is 0 Å². The standard InChI is InChI=1S/C23H45NO4S/c1-8-9-10-11-12-13-14-15-18(16-20(26)28-22(2,3)4)21(27)24-19(17-25)23(5,6)29-7/h18-19,25H,8-17H2,1-7H3,(H,24,27)/t18-,19+/m1/s1. The minimum Gasteiger partial charge on any atom is -0.460 e. The van der Waals surface area contributed by atoms with Crippen molar-refractivity contribution < 1.29 is 19.4 Å². The van der Waals surface area contributed by atoms with Crippen LogP contribution in [0.4, 0.5) is 0 Å². The molecule has 1 amide bonds. The van der Waals surface area contributed by atoms with Crippen LogP contribution in [0.2, 0.25) is 0 Å². The Balaban J connectivity index is 4.87. The maximum atomic E-state index is 12.9. The van der Waals surface area contributed by atoms with E-state index in [1.807, 2.05) is 40.9 Å². The van der Waals surface area contributed by atoms with E-state index in [2.05, 4.69) is 12.2 Å². The van der Waals surface area contributed by atoms with E-state index in [9.17, 15) is 14.7 Å². The lowest BCUT2D eigenvalue weighted by Gasteiger charge is -2.33. The second-order valence-corrected chi connectivity index (χ2v) is 10.9. The Labute approximate surface area is 183 Å².